The number of aryl methyl sites for hydroxylation is 3. The molecule has 0 atom stereocenters. The quantitative estimate of drug-likeness (QED) is 0.274. The van der Waals surface area contributed by atoms with Gasteiger partial charge in [0.1, 0.15) is 17.1 Å². The summed E-state index contributed by atoms with van der Waals surface area (Å²) in [4.78, 5) is 49.3. The maximum Gasteiger partial charge on any atom is 0.335 e. The fourth-order valence-electron chi connectivity index (χ4n) is 3.73. The minimum atomic E-state index is -0.825. The maximum absolute atomic E-state index is 13.1. The number of nitrogens with one attached hydrogen (secondary N) is 1. The zero-order chi connectivity index (χ0) is 23.9. The van der Waals surface area contributed by atoms with Gasteiger partial charge in [-0.05, 0) is 73.9 Å². The third-order valence-corrected chi connectivity index (χ3v) is 5.17. The summed E-state index contributed by atoms with van der Waals surface area (Å²) in [5.74, 6) is -0.954. The van der Waals surface area contributed by atoms with Crippen LogP contribution in [0, 0.1) is 30.9 Å². The third kappa shape index (κ3) is 4.16. The van der Waals surface area contributed by atoms with Crippen molar-refractivity contribution in [2.75, 3.05) is 4.90 Å². The first kappa shape index (κ1) is 21.7. The highest BCUT2D eigenvalue weighted by Gasteiger charge is 2.37. The van der Waals surface area contributed by atoms with Gasteiger partial charge in [-0.25, -0.2) is 9.69 Å². The van der Waals surface area contributed by atoms with Crippen molar-refractivity contribution in [3.05, 3.63) is 86.7 Å². The Balaban J connectivity index is 1.68. The molecule has 1 N–H and O–H groups in total. The van der Waals surface area contributed by atoms with E-state index in [-0.39, 0.29) is 17.0 Å². The summed E-state index contributed by atoms with van der Waals surface area (Å²) in [7, 11) is 0. The molecule has 0 saturated carbocycles. The second-order valence-electron chi connectivity index (χ2n) is 7.76. The molecule has 0 bridgehead atoms. The number of amides is 4. The van der Waals surface area contributed by atoms with Crippen LogP contribution in [0.4, 0.5) is 16.2 Å². The van der Waals surface area contributed by atoms with Crippen LogP contribution in [0.15, 0.2) is 58.5 Å². The van der Waals surface area contributed by atoms with Crippen molar-refractivity contribution < 1.29 is 23.7 Å². The van der Waals surface area contributed by atoms with E-state index in [2.05, 4.69) is 5.32 Å². The normalized spacial score (nSPS) is 15.2. The lowest BCUT2D eigenvalue weighted by molar-refractivity contribution is -0.384. The number of rotatable bonds is 4. The molecule has 4 amide bonds. The highest BCUT2D eigenvalue weighted by Crippen LogP contribution is 2.30. The molecule has 33 heavy (non-hydrogen) atoms. The zero-order valence-corrected chi connectivity index (χ0v) is 18.0. The number of non-ortho nitro benzene ring substituents is 1. The summed E-state index contributed by atoms with van der Waals surface area (Å²) in [6.45, 7) is 5.40. The molecule has 0 aliphatic carbocycles. The van der Waals surface area contributed by atoms with Gasteiger partial charge in [0.05, 0.1) is 10.6 Å². The number of imide groups is 2. The molecule has 1 fully saturated rings. The van der Waals surface area contributed by atoms with Gasteiger partial charge < -0.3 is 4.42 Å². The van der Waals surface area contributed by atoms with Crippen molar-refractivity contribution in [3.8, 4) is 11.3 Å². The van der Waals surface area contributed by atoms with Crippen molar-refractivity contribution in [2.45, 2.75) is 20.8 Å². The van der Waals surface area contributed by atoms with Crippen LogP contribution in [0.1, 0.15) is 22.5 Å². The number of hydrogen-bond acceptors (Lipinski definition) is 6. The molecular weight excluding hydrogens is 426 g/mol. The number of carbonyl (C=O) groups is 3. The molecule has 2 heterocycles. The van der Waals surface area contributed by atoms with E-state index >= 15 is 0 Å². The Morgan fingerprint density at radius 3 is 2.30 bits per heavy atom. The first-order chi connectivity index (χ1) is 15.6. The molecule has 0 radical (unpaired) electrons. The molecular formula is C24H19N3O6. The lowest BCUT2D eigenvalue weighted by Crippen LogP contribution is -2.54. The number of barbiturate groups is 1. The Hall–Kier alpha value is -4.53. The predicted octanol–water partition coefficient (Wildman–Crippen LogP) is 4.45. The molecule has 166 valence electrons. The number of nitro groups is 1. The Morgan fingerprint density at radius 2 is 1.67 bits per heavy atom. The Labute approximate surface area is 188 Å². The van der Waals surface area contributed by atoms with E-state index in [1.165, 1.54) is 18.2 Å². The van der Waals surface area contributed by atoms with E-state index in [0.29, 0.717) is 22.6 Å². The number of carbonyl (C=O) groups excluding carboxylic acids is 3. The summed E-state index contributed by atoms with van der Waals surface area (Å²) < 4.78 is 5.77. The summed E-state index contributed by atoms with van der Waals surface area (Å²) in [5, 5.41) is 13.1. The molecule has 0 unspecified atom stereocenters. The van der Waals surface area contributed by atoms with E-state index in [1.807, 2.05) is 19.9 Å². The van der Waals surface area contributed by atoms with Gasteiger partial charge in [0.15, 0.2) is 0 Å². The minimum Gasteiger partial charge on any atom is -0.457 e. The zero-order valence-electron chi connectivity index (χ0n) is 18.0. The average molecular weight is 445 g/mol. The lowest BCUT2D eigenvalue weighted by atomic mass is 10.1. The van der Waals surface area contributed by atoms with Crippen molar-refractivity contribution in [2.24, 2.45) is 0 Å². The standard InChI is InChI=1S/C24H19N3O6/c1-13-8-14(2)10-17(9-13)26-23(29)20(22(28)25-24(26)30)12-18-5-7-21(33-18)19-6-4-16(27(31)32)11-15(19)3/h4-12H,1-3H3,(H,25,28,30)/b20-12-. The first-order valence-corrected chi connectivity index (χ1v) is 9.99. The third-order valence-electron chi connectivity index (χ3n) is 5.17. The molecule has 9 nitrogen and oxygen atoms in total. The van der Waals surface area contributed by atoms with Crippen LogP contribution in [-0.4, -0.2) is 22.8 Å². The van der Waals surface area contributed by atoms with E-state index < -0.39 is 22.8 Å². The van der Waals surface area contributed by atoms with Crippen molar-refractivity contribution in [3.63, 3.8) is 0 Å². The van der Waals surface area contributed by atoms with Crippen LogP contribution in [0.25, 0.3) is 17.4 Å². The van der Waals surface area contributed by atoms with Gasteiger partial charge in [-0.1, -0.05) is 6.07 Å². The topological polar surface area (TPSA) is 123 Å². The fraction of sp³-hybridized carbons (Fsp3) is 0.125. The second kappa shape index (κ2) is 8.19. The van der Waals surface area contributed by atoms with Crippen LogP contribution in [0.3, 0.4) is 0 Å². The smallest absolute Gasteiger partial charge is 0.335 e. The summed E-state index contributed by atoms with van der Waals surface area (Å²) in [6, 6.07) is 12.0. The van der Waals surface area contributed by atoms with Gasteiger partial charge in [0.25, 0.3) is 17.5 Å². The maximum atomic E-state index is 13.1. The van der Waals surface area contributed by atoms with Gasteiger partial charge in [-0.3, -0.25) is 25.0 Å². The Bertz CT molecular complexity index is 1350. The number of furan rings is 1. The summed E-state index contributed by atoms with van der Waals surface area (Å²) in [6.07, 6.45) is 1.27. The average Bonchev–Trinajstić information content (AvgIpc) is 3.18. The molecule has 0 spiro atoms. The van der Waals surface area contributed by atoms with E-state index in [4.69, 9.17) is 4.42 Å². The number of nitrogens with zero attached hydrogens (tertiary/aromatic N) is 2. The molecule has 1 aliphatic rings. The van der Waals surface area contributed by atoms with Gasteiger partial charge >= 0.3 is 6.03 Å². The second-order valence-corrected chi connectivity index (χ2v) is 7.76. The van der Waals surface area contributed by atoms with Gasteiger partial charge in [-0.15, -0.1) is 0 Å². The minimum absolute atomic E-state index is 0.0363. The fourth-order valence-corrected chi connectivity index (χ4v) is 3.73. The Kier molecular flexibility index (Phi) is 5.39. The number of urea groups is 1. The Morgan fingerprint density at radius 1 is 0.970 bits per heavy atom. The van der Waals surface area contributed by atoms with E-state index in [0.717, 1.165) is 16.0 Å². The summed E-state index contributed by atoms with van der Waals surface area (Å²) >= 11 is 0. The number of hydrogen-bond donors (Lipinski definition) is 1. The number of nitro benzene ring substituents is 1. The molecule has 4 rings (SSSR count). The van der Waals surface area contributed by atoms with Gasteiger partial charge in [0.2, 0.25) is 0 Å². The van der Waals surface area contributed by atoms with Crippen molar-refractivity contribution in [1.29, 1.82) is 0 Å². The molecule has 3 aromatic rings. The number of benzene rings is 2. The number of anilines is 1. The van der Waals surface area contributed by atoms with Gasteiger partial charge in [0, 0.05) is 17.7 Å². The lowest BCUT2D eigenvalue weighted by Gasteiger charge is -2.26. The SMILES string of the molecule is Cc1cc(C)cc(N2C(=O)NC(=O)/C(=C/c3ccc(-c4ccc([N+](=O)[O-])cc4C)o3)C2=O)c1. The van der Waals surface area contributed by atoms with E-state index in [9.17, 15) is 24.5 Å². The van der Waals surface area contributed by atoms with Crippen LogP contribution >= 0.6 is 0 Å². The summed E-state index contributed by atoms with van der Waals surface area (Å²) in [5.41, 5.74) is 3.06. The molecule has 1 aliphatic heterocycles. The molecule has 9 heteroatoms. The van der Waals surface area contributed by atoms with Gasteiger partial charge in [-0.2, -0.15) is 0 Å². The largest absolute Gasteiger partial charge is 0.457 e. The van der Waals surface area contributed by atoms with Crippen LogP contribution in [-0.2, 0) is 9.59 Å². The first-order valence-electron chi connectivity index (χ1n) is 9.99. The van der Waals surface area contributed by atoms with E-state index in [1.54, 1.807) is 37.3 Å². The van der Waals surface area contributed by atoms with Crippen molar-refractivity contribution >= 4 is 35.3 Å². The predicted molar refractivity (Wildman–Crippen MR) is 120 cm³/mol. The van der Waals surface area contributed by atoms with Crippen LogP contribution in [0.5, 0.6) is 0 Å². The highest BCUT2D eigenvalue weighted by atomic mass is 16.6. The molecule has 2 aromatic carbocycles. The highest BCUT2D eigenvalue weighted by molar-refractivity contribution is 6.39. The van der Waals surface area contributed by atoms with Crippen LogP contribution < -0.4 is 10.2 Å². The monoisotopic (exact) mass is 445 g/mol. The molecule has 1 aromatic heterocycles. The van der Waals surface area contributed by atoms with Crippen LogP contribution in [0.2, 0.25) is 0 Å². The molecule has 1 saturated heterocycles. The van der Waals surface area contributed by atoms with Crippen molar-refractivity contribution in [1.82, 2.24) is 5.32 Å².